The molecule has 0 spiro atoms. The van der Waals surface area contributed by atoms with Crippen molar-refractivity contribution in [2.45, 2.75) is 38.6 Å². The molecule has 2 amide bonds. The van der Waals surface area contributed by atoms with Gasteiger partial charge < -0.3 is 9.64 Å². The fraction of sp³-hybridized carbons (Fsp3) is 0.562. The van der Waals surface area contributed by atoms with Crippen LogP contribution < -0.4 is 4.90 Å². The smallest absolute Gasteiger partial charge is 0.415 e. The molecule has 1 unspecified atom stereocenters. The van der Waals surface area contributed by atoms with Gasteiger partial charge in [-0.2, -0.15) is 0 Å². The van der Waals surface area contributed by atoms with E-state index in [0.29, 0.717) is 18.3 Å². The monoisotopic (exact) mass is 303 g/mol. The molecule has 0 bridgehead atoms. The highest BCUT2D eigenvalue weighted by Crippen LogP contribution is 2.29. The Morgan fingerprint density at radius 1 is 1.32 bits per heavy atom. The summed E-state index contributed by atoms with van der Waals surface area (Å²) in [6.07, 6.45) is 1.50. The SMILES string of the molecule is CC(=O)N1CCC(c2cccc(N3C(=O)OCC3C)n2)CC1. The summed E-state index contributed by atoms with van der Waals surface area (Å²) in [7, 11) is 0. The van der Waals surface area contributed by atoms with Crippen molar-refractivity contribution in [2.24, 2.45) is 0 Å². The fourth-order valence-electron chi connectivity index (χ4n) is 3.13. The molecule has 0 aliphatic carbocycles. The minimum Gasteiger partial charge on any atom is -0.447 e. The topological polar surface area (TPSA) is 62.7 Å². The fourth-order valence-corrected chi connectivity index (χ4v) is 3.13. The van der Waals surface area contributed by atoms with E-state index >= 15 is 0 Å². The molecule has 6 nitrogen and oxygen atoms in total. The van der Waals surface area contributed by atoms with Gasteiger partial charge in [-0.15, -0.1) is 0 Å². The van der Waals surface area contributed by atoms with Crippen LogP contribution in [0.5, 0.6) is 0 Å². The number of anilines is 1. The lowest BCUT2D eigenvalue weighted by Gasteiger charge is -2.31. The number of carbonyl (C=O) groups is 2. The van der Waals surface area contributed by atoms with Crippen molar-refractivity contribution in [1.29, 1.82) is 0 Å². The number of carbonyl (C=O) groups excluding carboxylic acids is 2. The van der Waals surface area contributed by atoms with E-state index in [9.17, 15) is 9.59 Å². The normalized spacial score (nSPS) is 22.8. The van der Waals surface area contributed by atoms with Gasteiger partial charge in [-0.1, -0.05) is 6.07 Å². The number of piperidine rings is 1. The minimum atomic E-state index is -0.330. The van der Waals surface area contributed by atoms with Gasteiger partial charge in [0.2, 0.25) is 5.91 Å². The predicted octanol–water partition coefficient (Wildman–Crippen LogP) is 2.15. The van der Waals surface area contributed by atoms with Gasteiger partial charge in [0.15, 0.2) is 0 Å². The molecule has 1 aromatic rings. The quantitative estimate of drug-likeness (QED) is 0.840. The van der Waals surface area contributed by atoms with E-state index in [4.69, 9.17) is 4.74 Å². The Labute approximate surface area is 130 Å². The third kappa shape index (κ3) is 2.77. The van der Waals surface area contributed by atoms with E-state index in [1.54, 1.807) is 11.8 Å². The van der Waals surface area contributed by atoms with Crippen molar-refractivity contribution >= 4 is 17.8 Å². The Morgan fingerprint density at radius 3 is 2.64 bits per heavy atom. The maximum atomic E-state index is 11.8. The van der Waals surface area contributed by atoms with Gasteiger partial charge in [-0.25, -0.2) is 9.78 Å². The molecule has 2 aliphatic heterocycles. The van der Waals surface area contributed by atoms with Crippen molar-refractivity contribution in [3.63, 3.8) is 0 Å². The second-order valence-corrected chi connectivity index (χ2v) is 6.00. The van der Waals surface area contributed by atoms with E-state index < -0.39 is 0 Å². The second-order valence-electron chi connectivity index (χ2n) is 6.00. The lowest BCUT2D eigenvalue weighted by molar-refractivity contribution is -0.129. The number of hydrogen-bond acceptors (Lipinski definition) is 4. The number of nitrogens with zero attached hydrogens (tertiary/aromatic N) is 3. The number of amides is 2. The van der Waals surface area contributed by atoms with Gasteiger partial charge in [0, 0.05) is 31.6 Å². The van der Waals surface area contributed by atoms with E-state index in [1.165, 1.54) is 0 Å². The van der Waals surface area contributed by atoms with Crippen LogP contribution in [0.4, 0.5) is 10.6 Å². The Hall–Kier alpha value is -2.11. The van der Waals surface area contributed by atoms with Crippen LogP contribution in [0.3, 0.4) is 0 Å². The van der Waals surface area contributed by atoms with Crippen molar-refractivity contribution in [1.82, 2.24) is 9.88 Å². The van der Waals surface area contributed by atoms with E-state index in [2.05, 4.69) is 4.98 Å². The average molecular weight is 303 g/mol. The summed E-state index contributed by atoms with van der Waals surface area (Å²) in [6, 6.07) is 5.80. The number of cyclic esters (lactones) is 1. The lowest BCUT2D eigenvalue weighted by Crippen LogP contribution is -2.36. The number of rotatable bonds is 2. The molecule has 1 aromatic heterocycles. The first-order valence-corrected chi connectivity index (χ1v) is 7.74. The number of aromatic nitrogens is 1. The molecule has 2 aliphatic rings. The van der Waals surface area contributed by atoms with Crippen LogP contribution in [-0.4, -0.2) is 47.6 Å². The summed E-state index contributed by atoms with van der Waals surface area (Å²) in [5.74, 6) is 1.12. The number of likely N-dealkylation sites (tertiary alicyclic amines) is 1. The molecule has 0 radical (unpaired) electrons. The number of pyridine rings is 1. The first-order chi connectivity index (χ1) is 10.6. The first-order valence-electron chi connectivity index (χ1n) is 7.74. The van der Waals surface area contributed by atoms with Crippen LogP contribution >= 0.6 is 0 Å². The largest absolute Gasteiger partial charge is 0.447 e. The Morgan fingerprint density at radius 2 is 2.05 bits per heavy atom. The van der Waals surface area contributed by atoms with Crippen molar-refractivity contribution in [3.8, 4) is 0 Å². The standard InChI is InChI=1S/C16H21N3O3/c1-11-10-22-16(21)19(11)15-5-3-4-14(17-15)13-6-8-18(9-7-13)12(2)20/h3-5,11,13H,6-10H2,1-2H3. The van der Waals surface area contributed by atoms with Crippen LogP contribution in [0.15, 0.2) is 18.2 Å². The summed E-state index contributed by atoms with van der Waals surface area (Å²) >= 11 is 0. The van der Waals surface area contributed by atoms with Crippen LogP contribution in [0.25, 0.3) is 0 Å². The van der Waals surface area contributed by atoms with Gasteiger partial charge in [-0.3, -0.25) is 9.69 Å². The molecule has 22 heavy (non-hydrogen) atoms. The third-order valence-electron chi connectivity index (χ3n) is 4.45. The van der Waals surface area contributed by atoms with Crippen molar-refractivity contribution in [3.05, 3.63) is 23.9 Å². The Balaban J connectivity index is 1.75. The molecular weight excluding hydrogens is 282 g/mol. The lowest BCUT2D eigenvalue weighted by atomic mass is 9.93. The molecule has 2 saturated heterocycles. The average Bonchev–Trinajstić information content (AvgIpc) is 2.86. The second kappa shape index (κ2) is 5.94. The van der Waals surface area contributed by atoms with Crippen LogP contribution in [0, 0.1) is 0 Å². The van der Waals surface area contributed by atoms with E-state index in [0.717, 1.165) is 31.6 Å². The predicted molar refractivity (Wildman–Crippen MR) is 81.8 cm³/mol. The zero-order chi connectivity index (χ0) is 15.7. The highest BCUT2D eigenvalue weighted by atomic mass is 16.6. The minimum absolute atomic E-state index is 0.00908. The zero-order valence-electron chi connectivity index (χ0n) is 13.0. The summed E-state index contributed by atoms with van der Waals surface area (Å²) in [5, 5.41) is 0. The zero-order valence-corrected chi connectivity index (χ0v) is 13.0. The van der Waals surface area contributed by atoms with Crippen LogP contribution in [-0.2, 0) is 9.53 Å². The van der Waals surface area contributed by atoms with Crippen LogP contribution in [0.1, 0.15) is 38.3 Å². The summed E-state index contributed by atoms with van der Waals surface area (Å²) in [4.78, 5) is 31.4. The Kier molecular flexibility index (Phi) is 4.00. The van der Waals surface area contributed by atoms with Gasteiger partial charge in [0.25, 0.3) is 0 Å². The van der Waals surface area contributed by atoms with Crippen molar-refractivity contribution < 1.29 is 14.3 Å². The molecular formula is C16H21N3O3. The maximum absolute atomic E-state index is 11.8. The molecule has 0 aromatic carbocycles. The highest BCUT2D eigenvalue weighted by molar-refractivity contribution is 5.88. The molecule has 0 N–H and O–H groups in total. The summed E-state index contributed by atoms with van der Waals surface area (Å²) < 4.78 is 5.06. The number of ether oxygens (including phenoxy) is 1. The summed E-state index contributed by atoms with van der Waals surface area (Å²) in [5.41, 5.74) is 0.993. The third-order valence-corrected chi connectivity index (χ3v) is 4.45. The molecule has 118 valence electrons. The molecule has 3 rings (SSSR count). The van der Waals surface area contributed by atoms with E-state index in [1.807, 2.05) is 30.0 Å². The van der Waals surface area contributed by atoms with E-state index in [-0.39, 0.29) is 18.0 Å². The van der Waals surface area contributed by atoms with Crippen molar-refractivity contribution in [2.75, 3.05) is 24.6 Å². The molecule has 6 heteroatoms. The number of hydrogen-bond donors (Lipinski definition) is 0. The van der Waals surface area contributed by atoms with Gasteiger partial charge in [-0.05, 0) is 31.9 Å². The maximum Gasteiger partial charge on any atom is 0.415 e. The molecule has 0 saturated carbocycles. The highest BCUT2D eigenvalue weighted by Gasteiger charge is 2.32. The first kappa shape index (κ1) is 14.8. The van der Waals surface area contributed by atoms with Gasteiger partial charge >= 0.3 is 6.09 Å². The van der Waals surface area contributed by atoms with Crippen LogP contribution in [0.2, 0.25) is 0 Å². The molecule has 2 fully saturated rings. The molecule has 3 heterocycles. The molecule has 1 atom stereocenters. The summed E-state index contributed by atoms with van der Waals surface area (Å²) in [6.45, 7) is 5.51. The van der Waals surface area contributed by atoms with Gasteiger partial charge in [0.1, 0.15) is 12.4 Å². The Bertz CT molecular complexity index is 582. The van der Waals surface area contributed by atoms with Gasteiger partial charge in [0.05, 0.1) is 6.04 Å².